The molecule has 2 aromatic carbocycles. The van der Waals surface area contributed by atoms with E-state index in [1.807, 2.05) is 36.4 Å². The van der Waals surface area contributed by atoms with Gasteiger partial charge in [0.2, 0.25) is 13.6 Å². The molecular formula is C19H18N2O6. The molecule has 2 aromatic rings. The summed E-state index contributed by atoms with van der Waals surface area (Å²) in [5, 5.41) is 6.76. The Kier molecular flexibility index (Phi) is 4.69. The standard InChI is InChI=1S/C19H18N2O6/c1-12(14-3-5-16-18(7-14)26-11-24-16)21-27-9-19(22)20-8-13-2-4-15-17(6-13)25-10-23-15/h2-7H,8-11H2,1H3,(H,20,22)/b21-12-. The summed E-state index contributed by atoms with van der Waals surface area (Å²) in [7, 11) is 0. The first kappa shape index (κ1) is 17.0. The molecule has 8 nitrogen and oxygen atoms in total. The van der Waals surface area contributed by atoms with Crippen molar-refractivity contribution in [1.29, 1.82) is 0 Å². The molecule has 1 amide bonds. The van der Waals surface area contributed by atoms with Gasteiger partial charge in [0.1, 0.15) is 0 Å². The Morgan fingerprint density at radius 3 is 2.44 bits per heavy atom. The van der Waals surface area contributed by atoms with Crippen molar-refractivity contribution in [3.63, 3.8) is 0 Å². The van der Waals surface area contributed by atoms with Crippen molar-refractivity contribution < 1.29 is 28.6 Å². The summed E-state index contributed by atoms with van der Waals surface area (Å²) in [5.74, 6) is 2.50. The quantitative estimate of drug-likeness (QED) is 0.620. The average molecular weight is 370 g/mol. The van der Waals surface area contributed by atoms with E-state index in [1.54, 1.807) is 6.92 Å². The number of fused-ring (bicyclic) bond motifs is 2. The van der Waals surface area contributed by atoms with E-state index in [0.29, 0.717) is 35.3 Å². The second-order valence-electron chi connectivity index (χ2n) is 5.98. The molecule has 0 fully saturated rings. The first-order valence-electron chi connectivity index (χ1n) is 8.41. The zero-order chi connectivity index (χ0) is 18.6. The molecular weight excluding hydrogens is 352 g/mol. The van der Waals surface area contributed by atoms with Crippen LogP contribution in [0.5, 0.6) is 23.0 Å². The lowest BCUT2D eigenvalue weighted by molar-refractivity contribution is -0.125. The van der Waals surface area contributed by atoms with Crippen LogP contribution in [0.25, 0.3) is 0 Å². The van der Waals surface area contributed by atoms with E-state index in [9.17, 15) is 4.79 Å². The minimum absolute atomic E-state index is 0.174. The van der Waals surface area contributed by atoms with Gasteiger partial charge in [-0.05, 0) is 42.8 Å². The molecule has 0 bridgehead atoms. The molecule has 8 heteroatoms. The average Bonchev–Trinajstić information content (AvgIpc) is 3.34. The lowest BCUT2D eigenvalue weighted by atomic mass is 10.1. The third kappa shape index (κ3) is 3.89. The van der Waals surface area contributed by atoms with E-state index in [2.05, 4.69) is 10.5 Å². The summed E-state index contributed by atoms with van der Waals surface area (Å²) in [6, 6.07) is 11.0. The number of ether oxygens (including phenoxy) is 4. The van der Waals surface area contributed by atoms with Crippen LogP contribution in [0.4, 0.5) is 0 Å². The third-order valence-corrected chi connectivity index (χ3v) is 4.11. The van der Waals surface area contributed by atoms with E-state index in [-0.39, 0.29) is 26.1 Å². The highest BCUT2D eigenvalue weighted by atomic mass is 16.7. The maximum absolute atomic E-state index is 11.9. The summed E-state index contributed by atoms with van der Waals surface area (Å²) in [5.41, 5.74) is 2.38. The molecule has 2 aliphatic rings. The summed E-state index contributed by atoms with van der Waals surface area (Å²) in [4.78, 5) is 17.1. The molecule has 2 heterocycles. The predicted octanol–water partition coefficient (Wildman–Crippen LogP) is 2.20. The van der Waals surface area contributed by atoms with Crippen molar-refractivity contribution >= 4 is 11.6 Å². The molecule has 2 aliphatic heterocycles. The smallest absolute Gasteiger partial charge is 0.261 e. The van der Waals surface area contributed by atoms with Crippen LogP contribution in [0.1, 0.15) is 18.1 Å². The minimum Gasteiger partial charge on any atom is -0.454 e. The number of nitrogens with zero attached hydrogens (tertiary/aromatic N) is 1. The van der Waals surface area contributed by atoms with Crippen LogP contribution in [0.2, 0.25) is 0 Å². The highest BCUT2D eigenvalue weighted by Crippen LogP contribution is 2.33. The summed E-state index contributed by atoms with van der Waals surface area (Å²) in [6.07, 6.45) is 0. The zero-order valence-corrected chi connectivity index (χ0v) is 14.7. The zero-order valence-electron chi connectivity index (χ0n) is 14.7. The number of carbonyl (C=O) groups is 1. The van der Waals surface area contributed by atoms with Gasteiger partial charge in [-0.15, -0.1) is 0 Å². The van der Waals surface area contributed by atoms with Crippen molar-refractivity contribution in [2.45, 2.75) is 13.5 Å². The van der Waals surface area contributed by atoms with Crippen LogP contribution in [0.15, 0.2) is 41.6 Å². The summed E-state index contributed by atoms with van der Waals surface area (Å²) < 4.78 is 21.2. The van der Waals surface area contributed by atoms with Gasteiger partial charge in [0.05, 0.1) is 5.71 Å². The summed E-state index contributed by atoms with van der Waals surface area (Å²) in [6.45, 7) is 2.42. The fourth-order valence-electron chi connectivity index (χ4n) is 2.66. The molecule has 140 valence electrons. The van der Waals surface area contributed by atoms with Crippen molar-refractivity contribution in [2.24, 2.45) is 5.16 Å². The van der Waals surface area contributed by atoms with Crippen LogP contribution < -0.4 is 24.3 Å². The molecule has 0 spiro atoms. The van der Waals surface area contributed by atoms with Crippen LogP contribution in [0, 0.1) is 0 Å². The first-order valence-corrected chi connectivity index (χ1v) is 8.41. The summed E-state index contributed by atoms with van der Waals surface area (Å²) >= 11 is 0. The highest BCUT2D eigenvalue weighted by molar-refractivity contribution is 5.99. The molecule has 4 rings (SSSR count). The maximum atomic E-state index is 11.9. The number of nitrogens with one attached hydrogen (secondary N) is 1. The normalized spacial score (nSPS) is 14.2. The van der Waals surface area contributed by atoms with Gasteiger partial charge in [-0.1, -0.05) is 11.2 Å². The number of benzene rings is 2. The van der Waals surface area contributed by atoms with Crippen LogP contribution in [-0.4, -0.2) is 31.8 Å². The molecule has 0 saturated carbocycles. The van der Waals surface area contributed by atoms with Crippen molar-refractivity contribution in [3.05, 3.63) is 47.5 Å². The number of carbonyl (C=O) groups excluding carboxylic acids is 1. The second kappa shape index (κ2) is 7.45. The van der Waals surface area contributed by atoms with E-state index < -0.39 is 0 Å². The lowest BCUT2D eigenvalue weighted by Gasteiger charge is -2.06. The third-order valence-electron chi connectivity index (χ3n) is 4.11. The first-order chi connectivity index (χ1) is 13.2. The van der Waals surface area contributed by atoms with E-state index in [1.165, 1.54) is 0 Å². The Hall–Kier alpha value is -3.42. The van der Waals surface area contributed by atoms with E-state index >= 15 is 0 Å². The highest BCUT2D eigenvalue weighted by Gasteiger charge is 2.15. The molecule has 0 unspecified atom stereocenters. The maximum Gasteiger partial charge on any atom is 0.261 e. The Labute approximate surface area is 155 Å². The number of oxime groups is 1. The van der Waals surface area contributed by atoms with Gasteiger partial charge in [-0.25, -0.2) is 0 Å². The minimum atomic E-state index is -0.269. The predicted molar refractivity (Wildman–Crippen MR) is 95.1 cm³/mol. The lowest BCUT2D eigenvalue weighted by Crippen LogP contribution is -2.26. The number of hydrogen-bond donors (Lipinski definition) is 1. The molecule has 0 radical (unpaired) electrons. The SMILES string of the molecule is C/C(=N/OCC(=O)NCc1ccc2c(c1)OCO2)c1ccc2c(c1)OCO2. The van der Waals surface area contributed by atoms with E-state index in [4.69, 9.17) is 23.8 Å². The monoisotopic (exact) mass is 370 g/mol. The van der Waals surface area contributed by atoms with Gasteiger partial charge in [0, 0.05) is 12.1 Å². The largest absolute Gasteiger partial charge is 0.454 e. The van der Waals surface area contributed by atoms with Gasteiger partial charge in [-0.2, -0.15) is 0 Å². The van der Waals surface area contributed by atoms with Gasteiger partial charge in [0.25, 0.3) is 5.91 Å². The molecule has 0 aliphatic carbocycles. The fourth-order valence-corrected chi connectivity index (χ4v) is 2.66. The van der Waals surface area contributed by atoms with Crippen LogP contribution in [-0.2, 0) is 16.2 Å². The Balaban J connectivity index is 1.26. The molecule has 0 aromatic heterocycles. The number of hydrogen-bond acceptors (Lipinski definition) is 7. The fraction of sp³-hybridized carbons (Fsp3) is 0.263. The Bertz CT molecular complexity index is 896. The molecule has 0 saturated heterocycles. The molecule has 0 atom stereocenters. The Morgan fingerprint density at radius 1 is 1.00 bits per heavy atom. The van der Waals surface area contributed by atoms with Crippen molar-refractivity contribution in [1.82, 2.24) is 5.32 Å². The number of rotatable bonds is 6. The molecule has 27 heavy (non-hydrogen) atoms. The van der Waals surface area contributed by atoms with Gasteiger partial charge in [0.15, 0.2) is 29.6 Å². The Morgan fingerprint density at radius 2 is 1.67 bits per heavy atom. The van der Waals surface area contributed by atoms with Crippen molar-refractivity contribution in [3.8, 4) is 23.0 Å². The second-order valence-corrected chi connectivity index (χ2v) is 5.98. The van der Waals surface area contributed by atoms with Crippen LogP contribution >= 0.6 is 0 Å². The van der Waals surface area contributed by atoms with E-state index in [0.717, 1.165) is 11.1 Å². The van der Waals surface area contributed by atoms with Gasteiger partial charge < -0.3 is 29.1 Å². The van der Waals surface area contributed by atoms with Gasteiger partial charge >= 0.3 is 0 Å². The van der Waals surface area contributed by atoms with Crippen molar-refractivity contribution in [2.75, 3.05) is 20.2 Å². The number of amides is 1. The van der Waals surface area contributed by atoms with Gasteiger partial charge in [-0.3, -0.25) is 4.79 Å². The van der Waals surface area contributed by atoms with Crippen LogP contribution in [0.3, 0.4) is 0 Å². The molecule has 1 N–H and O–H groups in total. The topological polar surface area (TPSA) is 87.6 Å².